The number of carbonyl (C=O) groups excluding carboxylic acids is 2. The normalized spacial score (nSPS) is 18.4. The molecule has 0 unspecified atom stereocenters. The van der Waals surface area contributed by atoms with Gasteiger partial charge in [0.25, 0.3) is 11.8 Å². The van der Waals surface area contributed by atoms with Crippen molar-refractivity contribution < 1.29 is 32.2 Å². The molecule has 0 aliphatic carbocycles. The van der Waals surface area contributed by atoms with E-state index in [-0.39, 0.29) is 47.5 Å². The molecule has 212 valence electrons. The van der Waals surface area contributed by atoms with Gasteiger partial charge in [-0.2, -0.15) is 4.31 Å². The van der Waals surface area contributed by atoms with E-state index < -0.39 is 39.8 Å². The van der Waals surface area contributed by atoms with E-state index in [2.05, 4.69) is 10.3 Å². The third-order valence-corrected chi connectivity index (χ3v) is 8.68. The van der Waals surface area contributed by atoms with Gasteiger partial charge in [0, 0.05) is 37.5 Å². The third-order valence-electron chi connectivity index (χ3n) is 6.84. The topological polar surface area (TPSA) is 129 Å². The minimum atomic E-state index is -4.00. The lowest BCUT2D eigenvalue weighted by Gasteiger charge is -2.38. The van der Waals surface area contributed by atoms with E-state index in [1.54, 1.807) is 37.3 Å². The van der Waals surface area contributed by atoms with Crippen LogP contribution in [-0.4, -0.2) is 78.4 Å². The highest BCUT2D eigenvalue weighted by Crippen LogP contribution is 2.35. The van der Waals surface area contributed by atoms with Crippen LogP contribution in [0.2, 0.25) is 0 Å². The Balaban J connectivity index is 1.72. The molecule has 0 fully saturated rings. The Morgan fingerprint density at radius 2 is 1.88 bits per heavy atom. The van der Waals surface area contributed by atoms with Crippen molar-refractivity contribution in [3.05, 3.63) is 83.9 Å². The first-order valence-corrected chi connectivity index (χ1v) is 14.1. The van der Waals surface area contributed by atoms with Crippen LogP contribution in [0.3, 0.4) is 0 Å². The molecule has 0 saturated carbocycles. The van der Waals surface area contributed by atoms with Gasteiger partial charge in [-0.25, -0.2) is 12.8 Å². The van der Waals surface area contributed by atoms with Gasteiger partial charge in [0.15, 0.2) is 5.75 Å². The number of ether oxygens (including phenoxy) is 1. The zero-order valence-electron chi connectivity index (χ0n) is 22.3. The highest BCUT2D eigenvalue weighted by Gasteiger charge is 2.36. The van der Waals surface area contributed by atoms with Crippen LogP contribution in [0.4, 0.5) is 10.1 Å². The molecule has 1 aliphatic heterocycles. The van der Waals surface area contributed by atoms with E-state index in [9.17, 15) is 27.5 Å². The number of hydrogen-bond acceptors (Lipinski definition) is 7. The van der Waals surface area contributed by atoms with Crippen molar-refractivity contribution in [2.75, 3.05) is 32.1 Å². The van der Waals surface area contributed by atoms with Crippen LogP contribution < -0.4 is 10.1 Å². The van der Waals surface area contributed by atoms with Crippen LogP contribution in [0.25, 0.3) is 0 Å². The molecule has 40 heavy (non-hydrogen) atoms. The summed E-state index contributed by atoms with van der Waals surface area (Å²) in [5.74, 6) is -1.70. The van der Waals surface area contributed by atoms with Crippen molar-refractivity contribution in [3.63, 3.8) is 0 Å². The third kappa shape index (κ3) is 6.14. The second-order valence-corrected chi connectivity index (χ2v) is 11.8. The molecule has 1 aliphatic rings. The maximum Gasteiger partial charge on any atom is 0.258 e. The largest absolute Gasteiger partial charge is 0.486 e. The second-order valence-electron chi connectivity index (χ2n) is 9.73. The number of likely N-dealkylation sites (N-methyl/N-ethyl adjacent to an activating group) is 1. The van der Waals surface area contributed by atoms with Crippen molar-refractivity contribution >= 4 is 27.5 Å². The average Bonchev–Trinajstić information content (AvgIpc) is 2.95. The zero-order chi connectivity index (χ0) is 29.0. The van der Waals surface area contributed by atoms with E-state index >= 15 is 0 Å². The second kappa shape index (κ2) is 12.1. The molecule has 2 heterocycles. The number of aliphatic hydroxyl groups excluding tert-OH is 1. The summed E-state index contributed by atoms with van der Waals surface area (Å²) in [5.41, 5.74) is 0.733. The predicted molar refractivity (Wildman–Crippen MR) is 146 cm³/mol. The fraction of sp³-hybridized carbons (Fsp3) is 0.321. The fourth-order valence-corrected chi connectivity index (χ4v) is 5.58. The fourth-order valence-electron chi connectivity index (χ4n) is 4.40. The zero-order valence-corrected chi connectivity index (χ0v) is 23.1. The summed E-state index contributed by atoms with van der Waals surface area (Å²) in [7, 11) is -2.60. The maximum absolute atomic E-state index is 13.6. The van der Waals surface area contributed by atoms with E-state index in [0.29, 0.717) is 5.56 Å². The number of pyridine rings is 1. The standard InChI is InChI=1S/C28H31FN4O6S/c1-18-15-33(19(2)17-34)28(36)23-5-4-6-24(31-27(35)20-11-13-30-14-12-20)26(23)39-25(18)16-32(3)40(37,38)22-9-7-21(29)8-10-22/h4-14,18-19,25,34H,15-17H2,1-3H3,(H,31,35)/t18-,19-,25-/m1/s1. The van der Waals surface area contributed by atoms with Gasteiger partial charge in [-0.3, -0.25) is 14.6 Å². The molecular formula is C28H31FN4O6S. The highest BCUT2D eigenvalue weighted by atomic mass is 32.2. The number of hydrogen-bond donors (Lipinski definition) is 2. The van der Waals surface area contributed by atoms with Crippen LogP contribution in [0.5, 0.6) is 5.75 Å². The molecule has 2 aromatic carbocycles. The Morgan fingerprint density at radius 3 is 2.52 bits per heavy atom. The van der Waals surface area contributed by atoms with Crippen molar-refractivity contribution in [2.24, 2.45) is 5.92 Å². The lowest BCUT2D eigenvalue weighted by Crippen LogP contribution is -2.50. The number of aromatic nitrogens is 1. The quantitative estimate of drug-likeness (QED) is 0.426. The molecule has 3 aromatic rings. The lowest BCUT2D eigenvalue weighted by atomic mass is 9.99. The average molecular weight is 571 g/mol. The van der Waals surface area contributed by atoms with Gasteiger partial charge >= 0.3 is 0 Å². The van der Waals surface area contributed by atoms with Gasteiger partial charge in [-0.05, 0) is 55.5 Å². The molecule has 3 atom stereocenters. The number of anilines is 1. The number of carbonyl (C=O) groups is 2. The minimum Gasteiger partial charge on any atom is -0.486 e. The number of sulfonamides is 1. The number of rotatable bonds is 8. The number of halogens is 1. The predicted octanol–water partition coefficient (Wildman–Crippen LogP) is 3.01. The summed E-state index contributed by atoms with van der Waals surface area (Å²) < 4.78 is 47.4. The van der Waals surface area contributed by atoms with E-state index in [1.165, 1.54) is 36.5 Å². The number of nitrogens with zero attached hydrogens (tertiary/aromatic N) is 3. The van der Waals surface area contributed by atoms with E-state index in [0.717, 1.165) is 16.4 Å². The van der Waals surface area contributed by atoms with Crippen molar-refractivity contribution in [2.45, 2.75) is 30.9 Å². The monoisotopic (exact) mass is 570 g/mol. The van der Waals surface area contributed by atoms with Gasteiger partial charge < -0.3 is 20.1 Å². The first-order valence-electron chi connectivity index (χ1n) is 12.7. The smallest absolute Gasteiger partial charge is 0.258 e. The molecule has 4 rings (SSSR count). The molecule has 1 aromatic heterocycles. The van der Waals surface area contributed by atoms with Crippen LogP contribution in [0.15, 0.2) is 71.9 Å². The van der Waals surface area contributed by atoms with Gasteiger partial charge in [0.2, 0.25) is 10.0 Å². The number of amides is 2. The number of fused-ring (bicyclic) bond motifs is 1. The molecule has 12 heteroatoms. The Kier molecular flexibility index (Phi) is 8.82. The number of benzene rings is 2. The van der Waals surface area contributed by atoms with Crippen molar-refractivity contribution in [3.8, 4) is 5.75 Å². The Hall–Kier alpha value is -3.87. The van der Waals surface area contributed by atoms with Crippen LogP contribution >= 0.6 is 0 Å². The van der Waals surface area contributed by atoms with E-state index in [1.807, 2.05) is 6.92 Å². The molecule has 2 N–H and O–H groups in total. The summed E-state index contributed by atoms with van der Waals surface area (Å²) in [5, 5.41) is 12.6. The van der Waals surface area contributed by atoms with E-state index in [4.69, 9.17) is 4.74 Å². The van der Waals surface area contributed by atoms with Crippen LogP contribution in [0, 0.1) is 11.7 Å². The molecule has 0 bridgehead atoms. The Bertz CT molecular complexity index is 1470. The van der Waals surface area contributed by atoms with Gasteiger partial charge in [-0.15, -0.1) is 0 Å². The summed E-state index contributed by atoms with van der Waals surface area (Å²) in [6, 6.07) is 11.8. The minimum absolute atomic E-state index is 0.0775. The Morgan fingerprint density at radius 1 is 1.20 bits per heavy atom. The number of para-hydroxylation sites is 1. The number of aliphatic hydroxyl groups is 1. The van der Waals surface area contributed by atoms with Gasteiger partial charge in [0.05, 0.1) is 35.3 Å². The molecule has 0 radical (unpaired) electrons. The lowest BCUT2D eigenvalue weighted by molar-refractivity contribution is 0.0388. The maximum atomic E-state index is 13.6. The van der Waals surface area contributed by atoms with Crippen LogP contribution in [-0.2, 0) is 10.0 Å². The summed E-state index contributed by atoms with van der Waals surface area (Å²) >= 11 is 0. The molecule has 0 saturated heterocycles. The van der Waals surface area contributed by atoms with Gasteiger partial charge in [-0.1, -0.05) is 13.0 Å². The van der Waals surface area contributed by atoms with Crippen molar-refractivity contribution in [1.29, 1.82) is 0 Å². The first kappa shape index (κ1) is 29.1. The summed E-state index contributed by atoms with van der Waals surface area (Å²) in [6.07, 6.45) is 2.20. The van der Waals surface area contributed by atoms with Gasteiger partial charge in [0.1, 0.15) is 11.9 Å². The summed E-state index contributed by atoms with van der Waals surface area (Å²) in [6.45, 7) is 3.32. The Labute approximate surface area is 232 Å². The van der Waals surface area contributed by atoms with Crippen molar-refractivity contribution in [1.82, 2.24) is 14.2 Å². The number of nitrogens with one attached hydrogen (secondary N) is 1. The van der Waals surface area contributed by atoms with Crippen LogP contribution in [0.1, 0.15) is 34.6 Å². The highest BCUT2D eigenvalue weighted by molar-refractivity contribution is 7.89. The SMILES string of the molecule is C[C@@H]1CN([C@H](C)CO)C(=O)c2cccc(NC(=O)c3ccncc3)c2O[C@@H]1CN(C)S(=O)(=O)c1ccc(F)cc1. The molecule has 0 spiro atoms. The first-order chi connectivity index (χ1) is 19.0. The summed E-state index contributed by atoms with van der Waals surface area (Å²) in [4.78, 5) is 31.9. The molecule has 2 amide bonds. The molecule has 10 nitrogen and oxygen atoms in total. The molecular weight excluding hydrogens is 539 g/mol.